The van der Waals surface area contributed by atoms with Crippen LogP contribution in [0.4, 0.5) is 5.13 Å². The summed E-state index contributed by atoms with van der Waals surface area (Å²) in [7, 11) is 0. The molecule has 1 N–H and O–H groups in total. The van der Waals surface area contributed by atoms with Crippen LogP contribution in [-0.4, -0.2) is 27.3 Å². The van der Waals surface area contributed by atoms with Crippen molar-refractivity contribution in [3.05, 3.63) is 73.9 Å². The van der Waals surface area contributed by atoms with E-state index < -0.39 is 0 Å². The van der Waals surface area contributed by atoms with Gasteiger partial charge >= 0.3 is 0 Å². The van der Waals surface area contributed by atoms with E-state index in [1.54, 1.807) is 12.1 Å². The third-order valence-electron chi connectivity index (χ3n) is 4.99. The van der Waals surface area contributed by atoms with E-state index in [9.17, 15) is 4.79 Å². The van der Waals surface area contributed by atoms with Crippen LogP contribution in [0.3, 0.4) is 0 Å². The van der Waals surface area contributed by atoms with E-state index in [0.29, 0.717) is 15.8 Å². The van der Waals surface area contributed by atoms with Crippen LogP contribution in [-0.2, 0) is 6.54 Å². The molecule has 0 radical (unpaired) electrons. The standard InChI is InChI=1S/C21H20BrClN4OS/c1-13-4-5-15(19(23)24-13)11-27-10-2-3-18(27)17-12-29-21(25-17)26-20(28)14-6-8-16(22)9-7-14/h4-9,12,18H,2-3,10-11H2,1H3,(H,25,26,28). The summed E-state index contributed by atoms with van der Waals surface area (Å²) in [5, 5.41) is 6.13. The van der Waals surface area contributed by atoms with Crippen molar-refractivity contribution in [1.82, 2.24) is 14.9 Å². The zero-order valence-corrected chi connectivity index (χ0v) is 19.0. The van der Waals surface area contributed by atoms with Gasteiger partial charge in [0.15, 0.2) is 5.13 Å². The average molecular weight is 492 g/mol. The van der Waals surface area contributed by atoms with E-state index in [1.807, 2.05) is 36.6 Å². The van der Waals surface area contributed by atoms with Gasteiger partial charge in [0.05, 0.1) is 11.7 Å². The molecular formula is C21H20BrClN4OS. The number of pyridine rings is 1. The second-order valence-electron chi connectivity index (χ2n) is 7.07. The number of aryl methyl sites for hydroxylation is 1. The molecule has 1 atom stereocenters. The summed E-state index contributed by atoms with van der Waals surface area (Å²) in [4.78, 5) is 23.9. The summed E-state index contributed by atoms with van der Waals surface area (Å²) >= 11 is 11.2. The Morgan fingerprint density at radius 2 is 2.07 bits per heavy atom. The molecule has 1 unspecified atom stereocenters. The molecule has 1 amide bonds. The first-order valence-corrected chi connectivity index (χ1v) is 11.4. The molecule has 0 saturated carbocycles. The van der Waals surface area contributed by atoms with Crippen molar-refractivity contribution >= 4 is 49.9 Å². The van der Waals surface area contributed by atoms with Crippen LogP contribution < -0.4 is 5.32 Å². The van der Waals surface area contributed by atoms with E-state index in [0.717, 1.165) is 47.4 Å². The van der Waals surface area contributed by atoms with Gasteiger partial charge in [-0.25, -0.2) is 9.97 Å². The maximum absolute atomic E-state index is 12.4. The first-order valence-electron chi connectivity index (χ1n) is 9.38. The number of halogens is 2. The molecule has 4 rings (SSSR count). The van der Waals surface area contributed by atoms with Crippen molar-refractivity contribution in [3.8, 4) is 0 Å². The molecule has 0 spiro atoms. The lowest BCUT2D eigenvalue weighted by atomic mass is 10.1. The Balaban J connectivity index is 1.45. The second kappa shape index (κ2) is 8.92. The van der Waals surface area contributed by atoms with Crippen molar-refractivity contribution in [2.75, 3.05) is 11.9 Å². The van der Waals surface area contributed by atoms with E-state index in [2.05, 4.69) is 31.1 Å². The van der Waals surface area contributed by atoms with Gasteiger partial charge in [-0.15, -0.1) is 11.3 Å². The number of anilines is 1. The van der Waals surface area contributed by atoms with Gasteiger partial charge in [-0.1, -0.05) is 33.6 Å². The molecule has 2 aromatic heterocycles. The smallest absolute Gasteiger partial charge is 0.257 e. The monoisotopic (exact) mass is 490 g/mol. The highest BCUT2D eigenvalue weighted by atomic mass is 79.9. The molecule has 1 aliphatic rings. The number of likely N-dealkylation sites (tertiary alicyclic amines) is 1. The number of amides is 1. The Morgan fingerprint density at radius 3 is 2.83 bits per heavy atom. The summed E-state index contributed by atoms with van der Waals surface area (Å²) in [6.45, 7) is 3.68. The molecule has 1 fully saturated rings. The molecule has 0 bridgehead atoms. The first kappa shape index (κ1) is 20.5. The summed E-state index contributed by atoms with van der Waals surface area (Å²) in [6.07, 6.45) is 2.15. The predicted molar refractivity (Wildman–Crippen MR) is 121 cm³/mol. The van der Waals surface area contributed by atoms with Crippen molar-refractivity contribution in [2.45, 2.75) is 32.4 Å². The van der Waals surface area contributed by atoms with Crippen LogP contribution in [0, 0.1) is 6.92 Å². The minimum atomic E-state index is -0.154. The molecule has 1 aliphatic heterocycles. The largest absolute Gasteiger partial charge is 0.298 e. The second-order valence-corrected chi connectivity index (χ2v) is 9.20. The molecule has 1 aromatic carbocycles. The average Bonchev–Trinajstić information content (AvgIpc) is 3.33. The quantitative estimate of drug-likeness (QED) is 0.455. The number of rotatable bonds is 5. The fourth-order valence-electron chi connectivity index (χ4n) is 3.51. The number of hydrogen-bond acceptors (Lipinski definition) is 5. The summed E-state index contributed by atoms with van der Waals surface area (Å²) < 4.78 is 0.941. The van der Waals surface area contributed by atoms with Crippen molar-refractivity contribution < 1.29 is 4.79 Å². The van der Waals surface area contributed by atoms with Gasteiger partial charge in [-0.3, -0.25) is 15.0 Å². The Bertz CT molecular complexity index is 1020. The van der Waals surface area contributed by atoms with Crippen molar-refractivity contribution in [1.29, 1.82) is 0 Å². The highest BCUT2D eigenvalue weighted by Gasteiger charge is 2.28. The highest BCUT2D eigenvalue weighted by molar-refractivity contribution is 9.10. The van der Waals surface area contributed by atoms with Crippen molar-refractivity contribution in [2.24, 2.45) is 0 Å². The van der Waals surface area contributed by atoms with Crippen LogP contribution in [0.2, 0.25) is 5.15 Å². The maximum Gasteiger partial charge on any atom is 0.257 e. The van der Waals surface area contributed by atoms with Gasteiger partial charge in [0.25, 0.3) is 5.91 Å². The number of carbonyl (C=O) groups excluding carboxylic acids is 1. The molecular weight excluding hydrogens is 472 g/mol. The molecule has 3 heterocycles. The number of thiazole rings is 1. The topological polar surface area (TPSA) is 58.1 Å². The molecule has 29 heavy (non-hydrogen) atoms. The minimum Gasteiger partial charge on any atom is -0.298 e. The molecule has 5 nitrogen and oxygen atoms in total. The molecule has 1 saturated heterocycles. The fourth-order valence-corrected chi connectivity index (χ4v) is 4.78. The Labute approximate surface area is 187 Å². The molecule has 8 heteroatoms. The number of aromatic nitrogens is 2. The molecule has 0 aliphatic carbocycles. The number of nitrogens with one attached hydrogen (secondary N) is 1. The van der Waals surface area contributed by atoms with Crippen LogP contribution >= 0.6 is 38.9 Å². The third-order valence-corrected chi connectivity index (χ3v) is 6.62. The fraction of sp³-hybridized carbons (Fsp3) is 0.286. The van der Waals surface area contributed by atoms with Crippen LogP contribution in [0.5, 0.6) is 0 Å². The SMILES string of the molecule is Cc1ccc(CN2CCCC2c2csc(NC(=O)c3ccc(Br)cc3)n2)c(Cl)n1. The van der Waals surface area contributed by atoms with Gasteiger partial charge in [-0.2, -0.15) is 0 Å². The lowest BCUT2D eigenvalue weighted by Gasteiger charge is -2.23. The van der Waals surface area contributed by atoms with Crippen molar-refractivity contribution in [3.63, 3.8) is 0 Å². The van der Waals surface area contributed by atoms with Gasteiger partial charge in [0, 0.05) is 33.2 Å². The molecule has 150 valence electrons. The van der Waals surface area contributed by atoms with Crippen LogP contribution in [0.1, 0.15) is 46.2 Å². The highest BCUT2D eigenvalue weighted by Crippen LogP contribution is 2.35. The number of carbonyl (C=O) groups is 1. The zero-order chi connectivity index (χ0) is 20.4. The van der Waals surface area contributed by atoms with E-state index in [1.165, 1.54) is 11.3 Å². The Kier molecular flexibility index (Phi) is 6.29. The number of benzene rings is 1. The van der Waals surface area contributed by atoms with Gasteiger partial charge in [0.2, 0.25) is 0 Å². The minimum absolute atomic E-state index is 0.154. The lowest BCUT2D eigenvalue weighted by molar-refractivity contribution is 0.102. The summed E-state index contributed by atoms with van der Waals surface area (Å²) in [6, 6.07) is 11.5. The third kappa shape index (κ3) is 4.86. The zero-order valence-electron chi connectivity index (χ0n) is 15.9. The lowest BCUT2D eigenvalue weighted by Crippen LogP contribution is -2.23. The first-order chi connectivity index (χ1) is 14.0. The normalized spacial score (nSPS) is 16.9. The molecule has 3 aromatic rings. The van der Waals surface area contributed by atoms with Crippen LogP contribution in [0.15, 0.2) is 46.3 Å². The van der Waals surface area contributed by atoms with Gasteiger partial charge in [-0.05, 0) is 56.6 Å². The van der Waals surface area contributed by atoms with Gasteiger partial charge in [0.1, 0.15) is 5.15 Å². The Hall–Kier alpha value is -1.80. The van der Waals surface area contributed by atoms with Crippen LogP contribution in [0.25, 0.3) is 0 Å². The Morgan fingerprint density at radius 1 is 1.28 bits per heavy atom. The summed E-state index contributed by atoms with van der Waals surface area (Å²) in [5.41, 5.74) is 3.55. The summed E-state index contributed by atoms with van der Waals surface area (Å²) in [5.74, 6) is -0.154. The number of hydrogen-bond donors (Lipinski definition) is 1. The van der Waals surface area contributed by atoms with E-state index in [4.69, 9.17) is 16.6 Å². The van der Waals surface area contributed by atoms with E-state index in [-0.39, 0.29) is 11.9 Å². The van der Waals surface area contributed by atoms with Gasteiger partial charge < -0.3 is 0 Å². The van der Waals surface area contributed by atoms with E-state index >= 15 is 0 Å². The predicted octanol–water partition coefficient (Wildman–Crippen LogP) is 5.85. The maximum atomic E-state index is 12.4. The number of nitrogens with zero attached hydrogens (tertiary/aromatic N) is 3.